The molecule has 4 rings (SSSR count). The molecule has 2 aromatic rings. The molecular weight excluding hydrogens is 300 g/mol. The first-order valence-electron chi connectivity index (χ1n) is 9.01. The zero-order valence-electron chi connectivity index (χ0n) is 14.2. The smallest absolute Gasteiger partial charge is 0.272 e. The fourth-order valence-corrected chi connectivity index (χ4v) is 4.18. The van der Waals surface area contributed by atoms with Crippen LogP contribution < -0.4 is 0 Å². The van der Waals surface area contributed by atoms with Crippen molar-refractivity contribution in [1.82, 2.24) is 19.7 Å². The summed E-state index contributed by atoms with van der Waals surface area (Å²) in [6.07, 6.45) is 11.3. The van der Waals surface area contributed by atoms with Gasteiger partial charge in [0.25, 0.3) is 5.91 Å². The summed E-state index contributed by atoms with van der Waals surface area (Å²) in [6.45, 7) is 0.818. The molecule has 1 amide bonds. The molecule has 24 heavy (non-hydrogen) atoms. The maximum atomic E-state index is 13.4. The minimum absolute atomic E-state index is 0.133. The van der Waals surface area contributed by atoms with Crippen LogP contribution in [-0.2, 0) is 19.9 Å². The van der Waals surface area contributed by atoms with E-state index in [0.717, 1.165) is 62.0 Å². The third-order valence-electron chi connectivity index (χ3n) is 5.35. The summed E-state index contributed by atoms with van der Waals surface area (Å²) in [7, 11) is 1.91. The lowest BCUT2D eigenvalue weighted by atomic mass is 9.93. The van der Waals surface area contributed by atoms with Crippen molar-refractivity contribution in [1.29, 1.82) is 0 Å². The van der Waals surface area contributed by atoms with Gasteiger partial charge in [0.05, 0.1) is 11.7 Å². The Morgan fingerprint density at radius 3 is 2.92 bits per heavy atom. The predicted octanol–water partition coefficient (Wildman–Crippen LogP) is 3.06. The number of carbonyl (C=O) groups is 1. The van der Waals surface area contributed by atoms with Crippen LogP contribution >= 0.6 is 0 Å². The number of rotatable bonds is 2. The van der Waals surface area contributed by atoms with E-state index in [4.69, 9.17) is 0 Å². The van der Waals surface area contributed by atoms with Crippen molar-refractivity contribution in [3.05, 3.63) is 47.0 Å². The van der Waals surface area contributed by atoms with Crippen molar-refractivity contribution < 1.29 is 4.79 Å². The lowest BCUT2D eigenvalue weighted by Gasteiger charge is -2.36. The molecule has 3 heterocycles. The number of hydrogen-bond acceptors (Lipinski definition) is 3. The molecule has 1 aliphatic heterocycles. The number of amides is 1. The topological polar surface area (TPSA) is 51.0 Å². The summed E-state index contributed by atoms with van der Waals surface area (Å²) in [4.78, 5) is 19.7. The van der Waals surface area contributed by atoms with Gasteiger partial charge in [0.2, 0.25) is 0 Å². The highest BCUT2D eigenvalue weighted by atomic mass is 16.2. The Balaban J connectivity index is 1.69. The minimum Gasteiger partial charge on any atom is -0.330 e. The van der Waals surface area contributed by atoms with E-state index in [1.165, 1.54) is 12.0 Å². The first kappa shape index (κ1) is 15.4. The number of fused-ring (bicyclic) bond motifs is 1. The number of piperidine rings is 1. The van der Waals surface area contributed by atoms with E-state index in [1.54, 1.807) is 6.20 Å². The van der Waals surface area contributed by atoms with Crippen LogP contribution in [0, 0.1) is 0 Å². The van der Waals surface area contributed by atoms with Gasteiger partial charge in [-0.1, -0.05) is 6.07 Å². The van der Waals surface area contributed by atoms with Crippen molar-refractivity contribution in [3.8, 4) is 0 Å². The average Bonchev–Trinajstić information content (AvgIpc) is 2.97. The van der Waals surface area contributed by atoms with Crippen molar-refractivity contribution in [3.63, 3.8) is 0 Å². The quantitative estimate of drug-likeness (QED) is 0.853. The Hall–Kier alpha value is -2.17. The molecule has 126 valence electrons. The number of aromatic nitrogens is 3. The maximum Gasteiger partial charge on any atom is 0.272 e. The van der Waals surface area contributed by atoms with Gasteiger partial charge in [-0.25, -0.2) is 0 Å². The van der Waals surface area contributed by atoms with Gasteiger partial charge in [-0.2, -0.15) is 5.10 Å². The lowest BCUT2D eigenvalue weighted by Crippen LogP contribution is -2.39. The fourth-order valence-electron chi connectivity index (χ4n) is 4.18. The molecular formula is C19H24N4O. The average molecular weight is 324 g/mol. The second-order valence-corrected chi connectivity index (χ2v) is 6.90. The third kappa shape index (κ3) is 2.62. The second kappa shape index (κ2) is 6.38. The number of aryl methyl sites for hydroxylation is 2. The van der Waals surface area contributed by atoms with Crippen LogP contribution in [0.4, 0.5) is 0 Å². The van der Waals surface area contributed by atoms with Crippen molar-refractivity contribution in [2.45, 2.75) is 51.0 Å². The maximum absolute atomic E-state index is 13.4. The van der Waals surface area contributed by atoms with Crippen LogP contribution in [0.2, 0.25) is 0 Å². The SMILES string of the molecule is Cn1nc2c(c1C(=O)N1CCCC[C@H]1c1cccnc1)CCCC2. The Labute approximate surface area is 142 Å². The molecule has 1 aliphatic carbocycles. The largest absolute Gasteiger partial charge is 0.330 e. The minimum atomic E-state index is 0.133. The summed E-state index contributed by atoms with van der Waals surface area (Å²) in [5, 5.41) is 4.62. The van der Waals surface area contributed by atoms with Gasteiger partial charge in [0.15, 0.2) is 0 Å². The Bertz CT molecular complexity index is 737. The van der Waals surface area contributed by atoms with Crippen LogP contribution in [0.5, 0.6) is 0 Å². The molecule has 1 atom stereocenters. The Kier molecular flexibility index (Phi) is 4.08. The van der Waals surface area contributed by atoms with E-state index in [0.29, 0.717) is 0 Å². The monoisotopic (exact) mass is 324 g/mol. The Morgan fingerprint density at radius 2 is 2.08 bits per heavy atom. The van der Waals surface area contributed by atoms with Gasteiger partial charge in [0, 0.05) is 31.5 Å². The summed E-state index contributed by atoms with van der Waals surface area (Å²) in [5.74, 6) is 0.140. The summed E-state index contributed by atoms with van der Waals surface area (Å²) in [5.41, 5.74) is 4.26. The first-order chi connectivity index (χ1) is 11.8. The first-order valence-corrected chi connectivity index (χ1v) is 9.01. The van der Waals surface area contributed by atoms with Gasteiger partial charge in [-0.15, -0.1) is 0 Å². The van der Waals surface area contributed by atoms with E-state index >= 15 is 0 Å². The summed E-state index contributed by atoms with van der Waals surface area (Å²) in [6, 6.07) is 4.18. The molecule has 0 saturated carbocycles. The number of carbonyl (C=O) groups excluding carboxylic acids is 1. The molecule has 5 heteroatoms. The highest BCUT2D eigenvalue weighted by molar-refractivity contribution is 5.94. The van der Waals surface area contributed by atoms with Crippen LogP contribution in [0.1, 0.15) is 65.5 Å². The standard InChI is InChI=1S/C19H24N4O/c1-22-18(15-8-2-3-9-16(15)21-22)19(24)23-12-5-4-10-17(23)14-7-6-11-20-13-14/h6-7,11,13,17H,2-5,8-10,12H2,1H3/t17-/m0/s1. The Morgan fingerprint density at radius 1 is 1.21 bits per heavy atom. The normalized spacial score (nSPS) is 20.7. The van der Waals surface area contributed by atoms with Crippen LogP contribution in [0.25, 0.3) is 0 Å². The summed E-state index contributed by atoms with van der Waals surface area (Å²) < 4.78 is 1.81. The van der Waals surface area contributed by atoms with Gasteiger partial charge < -0.3 is 4.90 Å². The molecule has 0 N–H and O–H groups in total. The summed E-state index contributed by atoms with van der Waals surface area (Å²) >= 11 is 0. The number of nitrogens with zero attached hydrogens (tertiary/aromatic N) is 4. The molecule has 1 saturated heterocycles. The molecule has 0 aromatic carbocycles. The number of pyridine rings is 1. The van der Waals surface area contributed by atoms with Crippen LogP contribution in [-0.4, -0.2) is 32.1 Å². The molecule has 5 nitrogen and oxygen atoms in total. The van der Waals surface area contributed by atoms with Crippen molar-refractivity contribution in [2.75, 3.05) is 6.54 Å². The highest BCUT2D eigenvalue weighted by Gasteiger charge is 2.33. The molecule has 2 aliphatic rings. The van der Waals surface area contributed by atoms with Gasteiger partial charge in [0.1, 0.15) is 5.69 Å². The number of hydrogen-bond donors (Lipinski definition) is 0. The van der Waals surface area contributed by atoms with E-state index in [9.17, 15) is 4.79 Å². The second-order valence-electron chi connectivity index (χ2n) is 6.90. The third-order valence-corrected chi connectivity index (χ3v) is 5.35. The molecule has 1 fully saturated rings. The van der Waals surface area contributed by atoms with Gasteiger partial charge in [-0.05, 0) is 56.6 Å². The zero-order valence-corrected chi connectivity index (χ0v) is 14.2. The van der Waals surface area contributed by atoms with Crippen LogP contribution in [0.15, 0.2) is 24.5 Å². The predicted molar refractivity (Wildman–Crippen MR) is 91.7 cm³/mol. The molecule has 0 unspecified atom stereocenters. The number of likely N-dealkylation sites (tertiary alicyclic amines) is 1. The van der Waals surface area contributed by atoms with E-state index in [-0.39, 0.29) is 11.9 Å². The zero-order chi connectivity index (χ0) is 16.5. The fraction of sp³-hybridized carbons (Fsp3) is 0.526. The molecule has 0 radical (unpaired) electrons. The van der Waals surface area contributed by atoms with Crippen molar-refractivity contribution >= 4 is 5.91 Å². The van der Waals surface area contributed by atoms with Gasteiger partial charge in [-0.3, -0.25) is 14.5 Å². The molecule has 2 aromatic heterocycles. The lowest BCUT2D eigenvalue weighted by molar-refractivity contribution is 0.0598. The van der Waals surface area contributed by atoms with E-state index in [2.05, 4.69) is 16.1 Å². The van der Waals surface area contributed by atoms with E-state index < -0.39 is 0 Å². The van der Waals surface area contributed by atoms with Crippen LogP contribution in [0.3, 0.4) is 0 Å². The highest BCUT2D eigenvalue weighted by Crippen LogP contribution is 2.33. The van der Waals surface area contributed by atoms with Crippen molar-refractivity contribution in [2.24, 2.45) is 7.05 Å². The molecule has 0 bridgehead atoms. The van der Waals surface area contributed by atoms with E-state index in [1.807, 2.05) is 28.9 Å². The van der Waals surface area contributed by atoms with Gasteiger partial charge >= 0.3 is 0 Å². The molecule has 0 spiro atoms.